The highest BCUT2D eigenvalue weighted by atomic mass is 16.3. The molecule has 0 radical (unpaired) electrons. The van der Waals surface area contributed by atoms with Crippen LogP contribution in [0.3, 0.4) is 0 Å². The monoisotopic (exact) mass is 627 g/mol. The molecule has 11 rings (SSSR count). The zero-order valence-corrected chi connectivity index (χ0v) is 27.0. The predicted molar refractivity (Wildman–Crippen MR) is 202 cm³/mol. The van der Waals surface area contributed by atoms with E-state index in [9.17, 15) is 0 Å². The molecule has 230 valence electrons. The lowest BCUT2D eigenvalue weighted by Crippen LogP contribution is -2.15. The minimum absolute atomic E-state index is 0.127. The molecular formula is C45H29N3O. The van der Waals surface area contributed by atoms with Gasteiger partial charge in [0.15, 0.2) is 0 Å². The molecule has 3 aromatic heterocycles. The number of para-hydroxylation sites is 3. The molecule has 0 atom stereocenters. The largest absolute Gasteiger partial charge is 0.455 e. The van der Waals surface area contributed by atoms with Crippen molar-refractivity contribution in [3.63, 3.8) is 0 Å². The normalized spacial score (nSPS) is 13.7. The number of nitrogens with zero attached hydrogens (tertiary/aromatic N) is 3. The fourth-order valence-corrected chi connectivity index (χ4v) is 8.50. The highest BCUT2D eigenvalue weighted by molar-refractivity contribution is 6.21. The van der Waals surface area contributed by atoms with Crippen molar-refractivity contribution >= 4 is 65.4 Å². The maximum Gasteiger partial charge on any atom is 0.235 e. The summed E-state index contributed by atoms with van der Waals surface area (Å²) in [6.07, 6.45) is 0. The third kappa shape index (κ3) is 3.53. The molecule has 3 heterocycles. The molecule has 0 saturated carbocycles. The minimum atomic E-state index is -0.127. The summed E-state index contributed by atoms with van der Waals surface area (Å²) in [5.41, 5.74) is 11.8. The molecular weight excluding hydrogens is 599 g/mol. The first-order valence-electron chi connectivity index (χ1n) is 16.8. The molecule has 1 aliphatic rings. The van der Waals surface area contributed by atoms with Crippen molar-refractivity contribution in [1.82, 2.24) is 14.5 Å². The lowest BCUT2D eigenvalue weighted by atomic mass is 9.82. The summed E-state index contributed by atoms with van der Waals surface area (Å²) in [7, 11) is 0. The zero-order valence-electron chi connectivity index (χ0n) is 27.0. The van der Waals surface area contributed by atoms with Gasteiger partial charge < -0.3 is 4.42 Å². The Balaban J connectivity index is 1.23. The Morgan fingerprint density at radius 2 is 1.27 bits per heavy atom. The minimum Gasteiger partial charge on any atom is -0.455 e. The number of benzene rings is 7. The molecule has 10 aromatic rings. The molecule has 0 spiro atoms. The van der Waals surface area contributed by atoms with E-state index in [-0.39, 0.29) is 5.41 Å². The van der Waals surface area contributed by atoms with E-state index in [1.165, 1.54) is 43.8 Å². The maximum atomic E-state index is 6.70. The Bertz CT molecular complexity index is 3030. The summed E-state index contributed by atoms with van der Waals surface area (Å²) in [6.45, 7) is 4.66. The van der Waals surface area contributed by atoms with Gasteiger partial charge in [-0.15, -0.1) is 0 Å². The third-order valence-corrected chi connectivity index (χ3v) is 10.8. The molecule has 4 heteroatoms. The van der Waals surface area contributed by atoms with Crippen molar-refractivity contribution in [3.05, 3.63) is 151 Å². The first-order valence-corrected chi connectivity index (χ1v) is 16.8. The molecule has 0 unspecified atom stereocenters. The van der Waals surface area contributed by atoms with Gasteiger partial charge in [0.1, 0.15) is 11.2 Å². The highest BCUT2D eigenvalue weighted by Crippen LogP contribution is 2.51. The van der Waals surface area contributed by atoms with Crippen LogP contribution in [0.5, 0.6) is 0 Å². The topological polar surface area (TPSA) is 43.9 Å². The van der Waals surface area contributed by atoms with Crippen LogP contribution in [0.4, 0.5) is 0 Å². The summed E-state index contributed by atoms with van der Waals surface area (Å²) >= 11 is 0. The standard InChI is InChI=1S/C45H29N3O/c1-45(2)35-19-8-5-14-28(35)33-24-34-29-15-7-10-21-38(29)48(39(34)25-36(33)45)44-46-37-20-9-6-16-30(37)42(47-44)32-18-11-17-31-41-27-13-4-3-12-26(27)22-23-40(41)49-43(31)32/h3-25H,1-2H3. The van der Waals surface area contributed by atoms with E-state index in [2.05, 4.69) is 158 Å². The fraction of sp³-hybridized carbons (Fsp3) is 0.0667. The first-order chi connectivity index (χ1) is 24.1. The van der Waals surface area contributed by atoms with Gasteiger partial charge >= 0.3 is 0 Å². The molecule has 0 saturated heterocycles. The smallest absolute Gasteiger partial charge is 0.235 e. The van der Waals surface area contributed by atoms with E-state index in [0.717, 1.165) is 55.1 Å². The second kappa shape index (κ2) is 9.42. The Morgan fingerprint density at radius 1 is 0.531 bits per heavy atom. The van der Waals surface area contributed by atoms with E-state index in [1.54, 1.807) is 0 Å². The van der Waals surface area contributed by atoms with Gasteiger partial charge in [-0.05, 0) is 69.4 Å². The van der Waals surface area contributed by atoms with E-state index < -0.39 is 0 Å². The van der Waals surface area contributed by atoms with Crippen LogP contribution in [0.25, 0.3) is 93.8 Å². The predicted octanol–water partition coefficient (Wildman–Crippen LogP) is 11.8. The second-order valence-electron chi connectivity index (χ2n) is 13.8. The van der Waals surface area contributed by atoms with Crippen LogP contribution < -0.4 is 0 Å². The van der Waals surface area contributed by atoms with Gasteiger partial charge in [-0.25, -0.2) is 9.97 Å². The molecule has 0 fully saturated rings. The summed E-state index contributed by atoms with van der Waals surface area (Å²) in [5, 5.41) is 7.98. The fourth-order valence-electron chi connectivity index (χ4n) is 8.50. The number of hydrogen-bond donors (Lipinski definition) is 0. The third-order valence-electron chi connectivity index (χ3n) is 10.8. The van der Waals surface area contributed by atoms with Gasteiger partial charge in [0.05, 0.1) is 22.2 Å². The van der Waals surface area contributed by atoms with E-state index >= 15 is 0 Å². The number of fused-ring (bicyclic) bond motifs is 12. The Hall–Kier alpha value is -6.26. The lowest BCUT2D eigenvalue weighted by Gasteiger charge is -2.21. The van der Waals surface area contributed by atoms with Crippen LogP contribution in [0.1, 0.15) is 25.0 Å². The average molecular weight is 628 g/mol. The van der Waals surface area contributed by atoms with E-state index in [4.69, 9.17) is 14.4 Å². The van der Waals surface area contributed by atoms with Crippen LogP contribution in [-0.2, 0) is 5.41 Å². The van der Waals surface area contributed by atoms with E-state index in [0.29, 0.717) is 5.95 Å². The lowest BCUT2D eigenvalue weighted by molar-refractivity contribution is 0.661. The van der Waals surface area contributed by atoms with Gasteiger partial charge in [-0.1, -0.05) is 117 Å². The zero-order chi connectivity index (χ0) is 32.4. The molecule has 0 N–H and O–H groups in total. The van der Waals surface area contributed by atoms with Gasteiger partial charge in [0.25, 0.3) is 0 Å². The van der Waals surface area contributed by atoms with Gasteiger partial charge in [0, 0.05) is 37.9 Å². The van der Waals surface area contributed by atoms with Crippen molar-refractivity contribution in [3.8, 4) is 28.3 Å². The Labute approximate surface area is 281 Å². The second-order valence-corrected chi connectivity index (χ2v) is 13.8. The molecule has 0 bridgehead atoms. The van der Waals surface area contributed by atoms with Crippen molar-refractivity contribution in [2.45, 2.75) is 19.3 Å². The quantitative estimate of drug-likeness (QED) is 0.192. The first kappa shape index (κ1) is 26.8. The number of furan rings is 1. The molecule has 1 aliphatic carbocycles. The maximum absolute atomic E-state index is 6.70. The number of aromatic nitrogens is 3. The van der Waals surface area contributed by atoms with Gasteiger partial charge in [-0.3, -0.25) is 4.57 Å². The summed E-state index contributed by atoms with van der Waals surface area (Å²) in [6, 6.07) is 49.7. The van der Waals surface area contributed by atoms with Crippen LogP contribution in [0.2, 0.25) is 0 Å². The van der Waals surface area contributed by atoms with Crippen LogP contribution in [0, 0.1) is 0 Å². The van der Waals surface area contributed by atoms with Crippen molar-refractivity contribution < 1.29 is 4.42 Å². The number of hydrogen-bond acceptors (Lipinski definition) is 3. The SMILES string of the molecule is CC1(C)c2ccccc2-c2cc3c4ccccc4n(-c4nc(-c5cccc6c5oc5ccc7ccccc7c56)c5ccccc5n4)c3cc21. The van der Waals surface area contributed by atoms with Crippen LogP contribution in [-0.4, -0.2) is 14.5 Å². The van der Waals surface area contributed by atoms with E-state index in [1.807, 2.05) is 0 Å². The summed E-state index contributed by atoms with van der Waals surface area (Å²) in [4.78, 5) is 10.7. The summed E-state index contributed by atoms with van der Waals surface area (Å²) in [5.74, 6) is 0.645. The van der Waals surface area contributed by atoms with Crippen LogP contribution in [0.15, 0.2) is 144 Å². The van der Waals surface area contributed by atoms with Gasteiger partial charge in [0.2, 0.25) is 5.95 Å². The molecule has 0 aliphatic heterocycles. The van der Waals surface area contributed by atoms with Gasteiger partial charge in [-0.2, -0.15) is 0 Å². The summed E-state index contributed by atoms with van der Waals surface area (Å²) < 4.78 is 8.96. The molecule has 49 heavy (non-hydrogen) atoms. The average Bonchev–Trinajstić information content (AvgIpc) is 3.76. The Kier molecular flexibility index (Phi) is 5.15. The Morgan fingerprint density at radius 3 is 2.18 bits per heavy atom. The molecule has 0 amide bonds. The highest BCUT2D eigenvalue weighted by Gasteiger charge is 2.36. The number of rotatable bonds is 2. The van der Waals surface area contributed by atoms with Crippen molar-refractivity contribution in [2.75, 3.05) is 0 Å². The van der Waals surface area contributed by atoms with Crippen molar-refractivity contribution in [2.24, 2.45) is 0 Å². The molecule has 4 nitrogen and oxygen atoms in total. The van der Waals surface area contributed by atoms with Crippen LogP contribution >= 0.6 is 0 Å². The molecule has 7 aromatic carbocycles. The van der Waals surface area contributed by atoms with Crippen molar-refractivity contribution in [1.29, 1.82) is 0 Å².